The van der Waals surface area contributed by atoms with Gasteiger partial charge in [-0.2, -0.15) is 0 Å². The van der Waals surface area contributed by atoms with Gasteiger partial charge in [-0.05, 0) is 61.2 Å². The molecule has 1 fully saturated rings. The maximum Gasteiger partial charge on any atom is 0.128 e. The molecule has 3 aromatic carbocycles. The molecule has 5 rings (SSSR count). The fourth-order valence-electron chi connectivity index (χ4n) is 5.25. The summed E-state index contributed by atoms with van der Waals surface area (Å²) in [6.07, 6.45) is 3.67. The number of likely N-dealkylation sites (tertiary alicyclic amines) is 1. The van der Waals surface area contributed by atoms with Crippen LogP contribution in [-0.2, 0) is 0 Å². The maximum atomic E-state index is 10.6. The zero-order chi connectivity index (χ0) is 22.5. The largest absolute Gasteiger partial charge is 0.490 e. The van der Waals surface area contributed by atoms with E-state index in [1.54, 1.807) is 0 Å². The van der Waals surface area contributed by atoms with E-state index < -0.39 is 6.10 Å². The molecule has 0 amide bonds. The van der Waals surface area contributed by atoms with Gasteiger partial charge in [-0.3, -0.25) is 0 Å². The van der Waals surface area contributed by atoms with Crippen LogP contribution in [-0.4, -0.2) is 47.3 Å². The van der Waals surface area contributed by atoms with E-state index in [1.165, 1.54) is 11.1 Å². The molecule has 33 heavy (non-hydrogen) atoms. The molecule has 1 atom stereocenters. The second-order valence-corrected chi connectivity index (χ2v) is 9.10. The van der Waals surface area contributed by atoms with Crippen molar-refractivity contribution in [3.8, 4) is 5.75 Å². The molecule has 4 heteroatoms. The summed E-state index contributed by atoms with van der Waals surface area (Å²) in [5.74, 6) is 1.84. The second kappa shape index (κ2) is 10.2. The van der Waals surface area contributed by atoms with Crippen molar-refractivity contribution in [3.63, 3.8) is 0 Å². The summed E-state index contributed by atoms with van der Waals surface area (Å²) in [6.45, 7) is 2.97. The Morgan fingerprint density at radius 3 is 2.18 bits per heavy atom. The normalized spacial score (nSPS) is 16.3. The molecule has 0 saturated carbocycles. The first kappa shape index (κ1) is 21.7. The summed E-state index contributed by atoms with van der Waals surface area (Å²) in [7, 11) is 0. The second-order valence-electron chi connectivity index (χ2n) is 9.10. The number of piperidine rings is 1. The number of ether oxygens (including phenoxy) is 1. The van der Waals surface area contributed by atoms with Crippen LogP contribution in [0.2, 0.25) is 0 Å². The van der Waals surface area contributed by atoms with E-state index in [9.17, 15) is 5.11 Å². The number of aliphatic hydroxyl groups excluding tert-OH is 1. The number of nitrogens with one attached hydrogen (secondary N) is 1. The Labute approximate surface area is 195 Å². The van der Waals surface area contributed by atoms with E-state index in [4.69, 9.17) is 4.74 Å². The van der Waals surface area contributed by atoms with Crippen LogP contribution in [0.5, 0.6) is 5.75 Å². The number of nitrogens with zero attached hydrogens (tertiary/aromatic N) is 1. The summed E-state index contributed by atoms with van der Waals surface area (Å²) in [5, 5.41) is 11.7. The van der Waals surface area contributed by atoms with Gasteiger partial charge in [0, 0.05) is 29.6 Å². The van der Waals surface area contributed by atoms with Crippen LogP contribution in [0.25, 0.3) is 10.9 Å². The van der Waals surface area contributed by atoms with E-state index in [2.05, 4.69) is 70.5 Å². The summed E-state index contributed by atoms with van der Waals surface area (Å²) in [6, 6.07) is 29.8. The lowest BCUT2D eigenvalue weighted by Gasteiger charge is -2.37. The topological polar surface area (TPSA) is 48.5 Å². The van der Waals surface area contributed by atoms with Crippen molar-refractivity contribution in [2.75, 3.05) is 26.2 Å². The number of benzene rings is 3. The minimum absolute atomic E-state index is 0.306. The Hall–Kier alpha value is -3.08. The molecule has 170 valence electrons. The fourth-order valence-corrected chi connectivity index (χ4v) is 5.25. The van der Waals surface area contributed by atoms with Gasteiger partial charge in [0.2, 0.25) is 0 Å². The molecule has 0 aliphatic carbocycles. The monoisotopic (exact) mass is 440 g/mol. The predicted octanol–water partition coefficient (Wildman–Crippen LogP) is 5.45. The van der Waals surface area contributed by atoms with E-state index in [1.807, 2.05) is 30.5 Å². The quantitative estimate of drug-likeness (QED) is 0.383. The molecule has 4 aromatic rings. The molecule has 0 unspecified atom stereocenters. The minimum atomic E-state index is -0.505. The number of hydrogen-bond acceptors (Lipinski definition) is 3. The van der Waals surface area contributed by atoms with Crippen molar-refractivity contribution < 1.29 is 9.84 Å². The van der Waals surface area contributed by atoms with Crippen LogP contribution in [0.3, 0.4) is 0 Å². The average molecular weight is 441 g/mol. The van der Waals surface area contributed by atoms with Gasteiger partial charge in [-0.1, -0.05) is 66.7 Å². The van der Waals surface area contributed by atoms with Gasteiger partial charge in [0.25, 0.3) is 0 Å². The zero-order valence-electron chi connectivity index (χ0n) is 18.9. The Morgan fingerprint density at radius 2 is 1.52 bits per heavy atom. The number of H-pyrrole nitrogens is 1. The number of hydrogen-bond donors (Lipinski definition) is 2. The molecule has 1 aliphatic rings. The highest BCUT2D eigenvalue weighted by Gasteiger charge is 2.29. The molecule has 2 N–H and O–H groups in total. The lowest BCUT2D eigenvalue weighted by atomic mass is 9.76. The van der Waals surface area contributed by atoms with Crippen molar-refractivity contribution in [3.05, 3.63) is 102 Å². The van der Waals surface area contributed by atoms with Crippen LogP contribution in [0, 0.1) is 5.92 Å². The summed E-state index contributed by atoms with van der Waals surface area (Å²) >= 11 is 0. The van der Waals surface area contributed by atoms with Crippen LogP contribution >= 0.6 is 0 Å². The molecule has 1 aromatic heterocycles. The number of aliphatic hydroxyl groups is 1. The highest BCUT2D eigenvalue weighted by molar-refractivity contribution is 5.85. The Balaban J connectivity index is 1.17. The number of β-amino-alcohol motifs (C(OH)–C–C–N with tert-alkyl or cyclic N) is 1. The smallest absolute Gasteiger partial charge is 0.128 e. The first-order chi connectivity index (χ1) is 16.3. The Morgan fingerprint density at radius 1 is 0.848 bits per heavy atom. The highest BCUT2D eigenvalue weighted by Crippen LogP contribution is 2.38. The van der Waals surface area contributed by atoms with Crippen LogP contribution in [0.4, 0.5) is 0 Å². The van der Waals surface area contributed by atoms with Crippen molar-refractivity contribution in [1.29, 1.82) is 0 Å². The first-order valence-electron chi connectivity index (χ1n) is 12.0. The molecule has 1 aliphatic heterocycles. The minimum Gasteiger partial charge on any atom is -0.490 e. The molecule has 2 heterocycles. The maximum absolute atomic E-state index is 10.6. The molecule has 0 spiro atoms. The fraction of sp³-hybridized carbons (Fsp3) is 0.310. The van der Waals surface area contributed by atoms with Gasteiger partial charge >= 0.3 is 0 Å². The molecular weight excluding hydrogens is 408 g/mol. The standard InChI is InChI=1S/C29H32N2O2/c32-25(21-33-28-13-7-12-27-26(28)14-17-30-27)20-31-18-15-24(16-19-31)29(22-8-3-1-4-9-22)23-10-5-2-6-11-23/h1-14,17,24-25,29-30,32H,15-16,18-21H2/t25-/m0/s1. The van der Waals surface area contributed by atoms with Gasteiger partial charge in [0.15, 0.2) is 0 Å². The molecule has 0 bridgehead atoms. The zero-order valence-corrected chi connectivity index (χ0v) is 18.9. The van der Waals surface area contributed by atoms with Gasteiger partial charge < -0.3 is 19.7 Å². The molecule has 0 radical (unpaired) electrons. The van der Waals surface area contributed by atoms with Crippen molar-refractivity contribution in [2.24, 2.45) is 5.92 Å². The highest BCUT2D eigenvalue weighted by atomic mass is 16.5. The third-order valence-electron chi connectivity index (χ3n) is 6.88. The van der Waals surface area contributed by atoms with Crippen molar-refractivity contribution in [2.45, 2.75) is 24.9 Å². The van der Waals surface area contributed by atoms with E-state index in [0.29, 0.717) is 25.0 Å². The van der Waals surface area contributed by atoms with E-state index >= 15 is 0 Å². The predicted molar refractivity (Wildman–Crippen MR) is 134 cm³/mol. The number of fused-ring (bicyclic) bond motifs is 1. The lowest BCUT2D eigenvalue weighted by Crippen LogP contribution is -2.41. The number of rotatable bonds is 8. The van der Waals surface area contributed by atoms with Gasteiger partial charge in [-0.25, -0.2) is 0 Å². The SMILES string of the molecule is O[C@H](COc1cccc2[nH]ccc12)CN1CCC(C(c2ccccc2)c2ccccc2)CC1. The van der Waals surface area contributed by atoms with Crippen LogP contribution in [0.1, 0.15) is 29.9 Å². The average Bonchev–Trinajstić information content (AvgIpc) is 3.35. The summed E-state index contributed by atoms with van der Waals surface area (Å²) < 4.78 is 5.96. The van der Waals surface area contributed by atoms with E-state index in [-0.39, 0.29) is 0 Å². The first-order valence-corrected chi connectivity index (χ1v) is 12.0. The lowest BCUT2D eigenvalue weighted by molar-refractivity contribution is 0.0542. The molecule has 1 saturated heterocycles. The van der Waals surface area contributed by atoms with Crippen molar-refractivity contribution in [1.82, 2.24) is 9.88 Å². The Kier molecular flexibility index (Phi) is 6.75. The van der Waals surface area contributed by atoms with E-state index in [0.717, 1.165) is 42.6 Å². The third-order valence-corrected chi connectivity index (χ3v) is 6.88. The van der Waals surface area contributed by atoms with Crippen molar-refractivity contribution >= 4 is 10.9 Å². The van der Waals surface area contributed by atoms with Gasteiger partial charge in [0.1, 0.15) is 18.5 Å². The summed E-state index contributed by atoms with van der Waals surface area (Å²) in [4.78, 5) is 5.58. The number of aromatic amines is 1. The summed E-state index contributed by atoms with van der Waals surface area (Å²) in [5.41, 5.74) is 3.85. The van der Waals surface area contributed by atoms with Crippen LogP contribution < -0.4 is 4.74 Å². The third kappa shape index (κ3) is 5.13. The molecular formula is C29H32N2O2. The Bertz CT molecular complexity index is 1090. The molecule has 4 nitrogen and oxygen atoms in total. The van der Waals surface area contributed by atoms with Gasteiger partial charge in [-0.15, -0.1) is 0 Å². The van der Waals surface area contributed by atoms with Crippen LogP contribution in [0.15, 0.2) is 91.1 Å². The number of aromatic nitrogens is 1. The van der Waals surface area contributed by atoms with Gasteiger partial charge in [0.05, 0.1) is 0 Å².